The van der Waals surface area contributed by atoms with Gasteiger partial charge in [0.2, 0.25) is 0 Å². The molecule has 0 bridgehead atoms. The number of nitrogens with zero attached hydrogens (tertiary/aromatic N) is 2. The smallest absolute Gasteiger partial charge is 0.295 e. The van der Waals surface area contributed by atoms with Gasteiger partial charge in [-0.05, 0) is 43.4 Å². The van der Waals surface area contributed by atoms with Crippen LogP contribution in [0.4, 0.5) is 11.4 Å². The van der Waals surface area contributed by atoms with E-state index in [0.29, 0.717) is 10.8 Å². The van der Waals surface area contributed by atoms with Crippen molar-refractivity contribution in [2.45, 2.75) is 6.92 Å². The molecule has 0 unspecified atom stereocenters. The Morgan fingerprint density at radius 2 is 1.62 bits per heavy atom. The van der Waals surface area contributed by atoms with Gasteiger partial charge < -0.3 is 15.7 Å². The summed E-state index contributed by atoms with van der Waals surface area (Å²) in [6.07, 6.45) is 0. The summed E-state index contributed by atoms with van der Waals surface area (Å²) < 4.78 is 3.38. The average Bonchev–Trinajstić information content (AvgIpc) is 2.93. The molecule has 0 saturated heterocycles. The number of phenolic OH excluding ortho intramolecular Hbond substituents is 1. The maximum absolute atomic E-state index is 13.0. The van der Waals surface area contributed by atoms with Crippen molar-refractivity contribution in [3.63, 3.8) is 0 Å². The van der Waals surface area contributed by atoms with E-state index in [1.54, 1.807) is 21.5 Å². The van der Waals surface area contributed by atoms with Crippen molar-refractivity contribution in [3.8, 4) is 11.4 Å². The largest absolute Gasteiger partial charge is 0.507 e. The Morgan fingerprint density at radius 1 is 0.931 bits per heavy atom. The molecule has 3 aromatic carbocycles. The number of anilines is 2. The first-order chi connectivity index (χ1) is 14.0. The highest BCUT2D eigenvalue weighted by Gasteiger charge is 2.17. The minimum absolute atomic E-state index is 0.184. The van der Waals surface area contributed by atoms with E-state index in [4.69, 9.17) is 12.2 Å². The molecule has 1 aromatic heterocycles. The van der Waals surface area contributed by atoms with Gasteiger partial charge in [0.1, 0.15) is 11.4 Å². The zero-order chi connectivity index (χ0) is 20.5. The van der Waals surface area contributed by atoms with Gasteiger partial charge in [-0.2, -0.15) is 0 Å². The van der Waals surface area contributed by atoms with E-state index in [0.717, 1.165) is 27.8 Å². The van der Waals surface area contributed by atoms with Crippen LogP contribution in [0.2, 0.25) is 0 Å². The van der Waals surface area contributed by atoms with E-state index >= 15 is 0 Å². The number of hydrogen-bond donors (Lipinski definition) is 3. The van der Waals surface area contributed by atoms with Gasteiger partial charge in [-0.1, -0.05) is 42.5 Å². The zero-order valence-corrected chi connectivity index (χ0v) is 16.8. The monoisotopic (exact) mass is 404 g/mol. The number of nitrogens with one attached hydrogen (secondary N) is 2. The van der Waals surface area contributed by atoms with E-state index < -0.39 is 0 Å². The third-order valence-corrected chi connectivity index (χ3v) is 5.14. The third-order valence-electron chi connectivity index (χ3n) is 4.94. The summed E-state index contributed by atoms with van der Waals surface area (Å²) in [6, 6.07) is 20.3. The maximum atomic E-state index is 13.0. The summed E-state index contributed by atoms with van der Waals surface area (Å²) in [7, 11) is 1.83. The number of fused-ring (bicyclic) bond motifs is 1. The Hall–Kier alpha value is -3.58. The molecule has 0 spiro atoms. The van der Waals surface area contributed by atoms with Gasteiger partial charge >= 0.3 is 0 Å². The van der Waals surface area contributed by atoms with Crippen LogP contribution in [0.5, 0.6) is 5.75 Å². The van der Waals surface area contributed by atoms with Crippen molar-refractivity contribution in [2.75, 3.05) is 10.6 Å². The van der Waals surface area contributed by atoms with Crippen LogP contribution in [0.25, 0.3) is 16.5 Å². The van der Waals surface area contributed by atoms with Crippen LogP contribution in [-0.2, 0) is 7.05 Å². The van der Waals surface area contributed by atoms with Gasteiger partial charge in [0.15, 0.2) is 5.11 Å². The molecule has 4 aromatic rings. The number of para-hydroxylation sites is 1. The summed E-state index contributed by atoms with van der Waals surface area (Å²) in [5.41, 5.74) is 2.51. The zero-order valence-electron chi connectivity index (χ0n) is 16.0. The van der Waals surface area contributed by atoms with Gasteiger partial charge in [0, 0.05) is 23.5 Å². The summed E-state index contributed by atoms with van der Waals surface area (Å²) in [6.45, 7) is 1.86. The number of benzene rings is 3. The summed E-state index contributed by atoms with van der Waals surface area (Å²) in [5, 5.41) is 18.1. The van der Waals surface area contributed by atoms with Gasteiger partial charge in [-0.3, -0.25) is 9.48 Å². The highest BCUT2D eigenvalue weighted by molar-refractivity contribution is 7.80. The van der Waals surface area contributed by atoms with Crippen molar-refractivity contribution in [1.82, 2.24) is 9.36 Å². The van der Waals surface area contributed by atoms with E-state index in [9.17, 15) is 9.90 Å². The Labute approximate surface area is 173 Å². The second kappa shape index (κ2) is 7.44. The lowest BCUT2D eigenvalue weighted by Gasteiger charge is -2.12. The molecule has 3 N–H and O–H groups in total. The predicted octanol–water partition coefficient (Wildman–Crippen LogP) is 4.15. The molecule has 0 saturated carbocycles. The van der Waals surface area contributed by atoms with Crippen LogP contribution in [0.1, 0.15) is 5.69 Å². The Morgan fingerprint density at radius 3 is 2.38 bits per heavy atom. The molecule has 29 heavy (non-hydrogen) atoms. The molecule has 6 nitrogen and oxygen atoms in total. The molecule has 0 amide bonds. The van der Waals surface area contributed by atoms with Gasteiger partial charge in [-0.15, -0.1) is 0 Å². The van der Waals surface area contributed by atoms with Crippen LogP contribution in [-0.4, -0.2) is 19.6 Å². The van der Waals surface area contributed by atoms with Gasteiger partial charge in [-0.25, -0.2) is 4.68 Å². The average molecular weight is 404 g/mol. The quantitative estimate of drug-likeness (QED) is 0.448. The maximum Gasteiger partial charge on any atom is 0.295 e. The van der Waals surface area contributed by atoms with E-state index in [1.807, 2.05) is 68.6 Å². The Bertz CT molecular complexity index is 1280. The van der Waals surface area contributed by atoms with Crippen molar-refractivity contribution in [3.05, 3.63) is 82.8 Å². The first kappa shape index (κ1) is 18.8. The molecule has 0 atom stereocenters. The lowest BCUT2D eigenvalue weighted by atomic mass is 10.1. The molecule has 0 aliphatic heterocycles. The minimum Gasteiger partial charge on any atom is -0.507 e. The molecule has 1 heterocycles. The highest BCUT2D eigenvalue weighted by atomic mass is 32.1. The number of hydrogen-bond acceptors (Lipinski definition) is 3. The summed E-state index contributed by atoms with van der Waals surface area (Å²) in [5.74, 6) is 0.203. The van der Waals surface area contributed by atoms with E-state index in [2.05, 4.69) is 10.6 Å². The standard InChI is InChI=1S/C22H20N4O2S/c1-14-20(21(28)26(25(14)2)15-8-4-3-5-9-15)24-22(29)23-18-12-6-11-17-16(18)10-7-13-19(17)27/h3-13,27H,1-2H3,(H2,23,24,29). The molecular formula is C22H20N4O2S. The number of rotatable bonds is 3. The van der Waals surface area contributed by atoms with Crippen molar-refractivity contribution in [2.24, 2.45) is 7.05 Å². The van der Waals surface area contributed by atoms with E-state index in [-0.39, 0.29) is 11.3 Å². The van der Waals surface area contributed by atoms with Crippen LogP contribution < -0.4 is 16.2 Å². The van der Waals surface area contributed by atoms with E-state index in [1.165, 1.54) is 0 Å². The first-order valence-corrected chi connectivity index (χ1v) is 9.51. The third kappa shape index (κ3) is 3.36. The van der Waals surface area contributed by atoms with Crippen molar-refractivity contribution in [1.29, 1.82) is 0 Å². The molecule has 4 rings (SSSR count). The summed E-state index contributed by atoms with van der Waals surface area (Å²) in [4.78, 5) is 13.0. The molecule has 7 heteroatoms. The van der Waals surface area contributed by atoms with Crippen LogP contribution >= 0.6 is 12.2 Å². The molecule has 0 radical (unpaired) electrons. The van der Waals surface area contributed by atoms with Crippen LogP contribution in [0, 0.1) is 6.92 Å². The Balaban J connectivity index is 1.65. The fourth-order valence-electron chi connectivity index (χ4n) is 3.38. The molecule has 0 aliphatic rings. The molecule has 146 valence electrons. The van der Waals surface area contributed by atoms with Gasteiger partial charge in [0.25, 0.3) is 5.56 Å². The molecular weight excluding hydrogens is 384 g/mol. The normalized spacial score (nSPS) is 10.8. The number of aromatic nitrogens is 2. The fourth-order valence-corrected chi connectivity index (χ4v) is 3.59. The molecule has 0 aliphatic carbocycles. The van der Waals surface area contributed by atoms with Gasteiger partial charge in [0.05, 0.1) is 11.4 Å². The lowest BCUT2D eigenvalue weighted by Crippen LogP contribution is -2.25. The number of thiocarbonyl (C=S) groups is 1. The predicted molar refractivity (Wildman–Crippen MR) is 121 cm³/mol. The molecule has 0 fully saturated rings. The highest BCUT2D eigenvalue weighted by Crippen LogP contribution is 2.29. The van der Waals surface area contributed by atoms with Crippen molar-refractivity contribution >= 4 is 39.5 Å². The SMILES string of the molecule is Cc1c(NC(=S)Nc2cccc3c(O)cccc23)c(=O)n(-c2ccccc2)n1C. The second-order valence-electron chi connectivity index (χ2n) is 6.69. The minimum atomic E-state index is -0.184. The lowest BCUT2D eigenvalue weighted by molar-refractivity contribution is 0.481. The van der Waals surface area contributed by atoms with Crippen LogP contribution in [0.3, 0.4) is 0 Å². The Kier molecular flexibility index (Phi) is 4.82. The van der Waals surface area contributed by atoms with Crippen molar-refractivity contribution < 1.29 is 5.11 Å². The van der Waals surface area contributed by atoms with Crippen LogP contribution in [0.15, 0.2) is 71.5 Å². The first-order valence-electron chi connectivity index (χ1n) is 9.10. The number of aromatic hydroxyl groups is 1. The number of phenols is 1. The topological polar surface area (TPSA) is 71.2 Å². The summed E-state index contributed by atoms with van der Waals surface area (Å²) >= 11 is 5.46. The second-order valence-corrected chi connectivity index (χ2v) is 7.10. The fraction of sp³-hybridized carbons (Fsp3) is 0.0909.